The highest BCUT2D eigenvalue weighted by Gasteiger charge is 2.20. The summed E-state index contributed by atoms with van der Waals surface area (Å²) in [6, 6.07) is 7.27. The first-order valence-electron chi connectivity index (χ1n) is 4.74. The number of hydrogen-bond acceptors (Lipinski definition) is 1. The first-order valence-corrected chi connectivity index (χ1v) is 5.53. The molecular weight excluding hydrogens is 226 g/mol. The van der Waals surface area contributed by atoms with Crippen LogP contribution >= 0.6 is 15.9 Å². The predicted molar refractivity (Wildman–Crippen MR) is 58.7 cm³/mol. The van der Waals surface area contributed by atoms with Gasteiger partial charge in [0.05, 0.1) is 0 Å². The molecule has 0 spiro atoms. The highest BCUT2D eigenvalue weighted by atomic mass is 79.9. The van der Waals surface area contributed by atoms with Gasteiger partial charge in [-0.2, -0.15) is 0 Å². The molecule has 0 unspecified atom stereocenters. The minimum absolute atomic E-state index is 0.785. The molecule has 1 aromatic rings. The van der Waals surface area contributed by atoms with Gasteiger partial charge >= 0.3 is 0 Å². The van der Waals surface area contributed by atoms with Gasteiger partial charge in [-0.15, -0.1) is 0 Å². The molecule has 1 aliphatic rings. The van der Waals surface area contributed by atoms with E-state index in [0.717, 1.165) is 12.6 Å². The third-order valence-corrected chi connectivity index (χ3v) is 3.13. The summed E-state index contributed by atoms with van der Waals surface area (Å²) in [4.78, 5) is 0. The maximum Gasteiger partial charge on any atom is 0.0220 e. The summed E-state index contributed by atoms with van der Waals surface area (Å²) in [5.74, 6) is 0. The average Bonchev–Trinajstić information content (AvgIpc) is 2.90. The molecule has 1 fully saturated rings. The molecule has 2 rings (SSSR count). The smallest absolute Gasteiger partial charge is 0.0220 e. The summed E-state index contributed by atoms with van der Waals surface area (Å²) in [6.07, 6.45) is 2.70. The molecule has 0 atom stereocenters. The van der Waals surface area contributed by atoms with Crippen molar-refractivity contribution < 1.29 is 0 Å². The van der Waals surface area contributed by atoms with E-state index >= 15 is 0 Å². The lowest BCUT2D eigenvalue weighted by Crippen LogP contribution is -2.15. The van der Waals surface area contributed by atoms with Crippen LogP contribution in [-0.4, -0.2) is 6.04 Å². The molecule has 1 aromatic carbocycles. The number of nitrogens with one attached hydrogen (secondary N) is 1. The van der Waals surface area contributed by atoms with Crippen molar-refractivity contribution in [3.05, 3.63) is 33.8 Å². The second kappa shape index (κ2) is 3.81. The van der Waals surface area contributed by atoms with Gasteiger partial charge in [-0.1, -0.05) is 33.6 Å². The maximum atomic E-state index is 3.56. The van der Waals surface area contributed by atoms with E-state index in [1.54, 1.807) is 0 Å². The van der Waals surface area contributed by atoms with E-state index in [0.29, 0.717) is 0 Å². The molecule has 2 heteroatoms. The largest absolute Gasteiger partial charge is 0.310 e. The van der Waals surface area contributed by atoms with Gasteiger partial charge in [-0.05, 0) is 31.4 Å². The highest BCUT2D eigenvalue weighted by Crippen LogP contribution is 2.22. The van der Waals surface area contributed by atoms with Crippen LogP contribution in [0.15, 0.2) is 22.7 Å². The zero-order valence-electron chi connectivity index (χ0n) is 7.81. The Hall–Kier alpha value is -0.340. The number of benzene rings is 1. The van der Waals surface area contributed by atoms with Crippen molar-refractivity contribution in [3.8, 4) is 0 Å². The lowest BCUT2D eigenvalue weighted by Gasteiger charge is -2.06. The Balaban J connectivity index is 2.03. The zero-order valence-corrected chi connectivity index (χ0v) is 9.39. The fraction of sp³-hybridized carbons (Fsp3) is 0.455. The van der Waals surface area contributed by atoms with Crippen LogP contribution < -0.4 is 5.32 Å². The summed E-state index contributed by atoms with van der Waals surface area (Å²) in [6.45, 7) is 3.12. The van der Waals surface area contributed by atoms with Crippen molar-refractivity contribution in [2.75, 3.05) is 0 Å². The van der Waals surface area contributed by atoms with E-state index in [2.05, 4.69) is 46.4 Å². The van der Waals surface area contributed by atoms with Crippen molar-refractivity contribution in [2.24, 2.45) is 0 Å². The van der Waals surface area contributed by atoms with Gasteiger partial charge in [-0.3, -0.25) is 0 Å². The van der Waals surface area contributed by atoms with Crippen LogP contribution in [-0.2, 0) is 6.54 Å². The Morgan fingerprint density at radius 2 is 2.23 bits per heavy atom. The van der Waals surface area contributed by atoms with Crippen LogP contribution in [0.4, 0.5) is 0 Å². The molecule has 13 heavy (non-hydrogen) atoms. The van der Waals surface area contributed by atoms with Crippen LogP contribution in [0.2, 0.25) is 0 Å². The topological polar surface area (TPSA) is 12.0 Å². The first-order chi connectivity index (χ1) is 6.25. The summed E-state index contributed by atoms with van der Waals surface area (Å²) in [5.41, 5.74) is 2.70. The molecule has 0 radical (unpaired) electrons. The lowest BCUT2D eigenvalue weighted by molar-refractivity contribution is 0.685. The average molecular weight is 240 g/mol. The summed E-state index contributed by atoms with van der Waals surface area (Å²) in [5, 5.41) is 3.51. The van der Waals surface area contributed by atoms with Gasteiger partial charge in [0.25, 0.3) is 0 Å². The highest BCUT2D eigenvalue weighted by molar-refractivity contribution is 9.10. The second-order valence-corrected chi connectivity index (χ2v) is 4.60. The maximum absolute atomic E-state index is 3.56. The molecule has 1 N–H and O–H groups in total. The van der Waals surface area contributed by atoms with Crippen LogP contribution in [0.3, 0.4) is 0 Å². The fourth-order valence-electron chi connectivity index (χ4n) is 1.38. The third-order valence-electron chi connectivity index (χ3n) is 2.36. The number of halogens is 1. The molecule has 0 bridgehead atoms. The van der Waals surface area contributed by atoms with Crippen molar-refractivity contribution in [3.63, 3.8) is 0 Å². The number of rotatable bonds is 3. The second-order valence-electron chi connectivity index (χ2n) is 3.75. The SMILES string of the molecule is Cc1ccc(Br)c(CNC2CC2)c1. The zero-order chi connectivity index (χ0) is 9.26. The monoisotopic (exact) mass is 239 g/mol. The molecule has 1 aliphatic carbocycles. The Labute approximate surface area is 87.7 Å². The van der Waals surface area contributed by atoms with E-state index in [9.17, 15) is 0 Å². The molecule has 1 nitrogen and oxygen atoms in total. The molecule has 0 aliphatic heterocycles. The van der Waals surface area contributed by atoms with E-state index in [1.807, 2.05) is 0 Å². The van der Waals surface area contributed by atoms with E-state index in [4.69, 9.17) is 0 Å². The van der Waals surface area contributed by atoms with E-state index in [-0.39, 0.29) is 0 Å². The summed E-state index contributed by atoms with van der Waals surface area (Å²) >= 11 is 3.56. The third kappa shape index (κ3) is 2.55. The van der Waals surface area contributed by atoms with Gasteiger partial charge in [0.15, 0.2) is 0 Å². The Kier molecular flexibility index (Phi) is 2.70. The normalized spacial score (nSPS) is 16.2. The molecule has 70 valence electrons. The first kappa shape index (κ1) is 9.22. The van der Waals surface area contributed by atoms with Crippen LogP contribution in [0.1, 0.15) is 24.0 Å². The van der Waals surface area contributed by atoms with Crippen molar-refractivity contribution in [1.82, 2.24) is 5.32 Å². The molecule has 0 amide bonds. The summed E-state index contributed by atoms with van der Waals surface area (Å²) < 4.78 is 1.21. The fourth-order valence-corrected chi connectivity index (χ4v) is 1.77. The quantitative estimate of drug-likeness (QED) is 0.856. The minimum Gasteiger partial charge on any atom is -0.310 e. The van der Waals surface area contributed by atoms with E-state index < -0.39 is 0 Å². The van der Waals surface area contributed by atoms with Crippen molar-refractivity contribution in [1.29, 1.82) is 0 Å². The van der Waals surface area contributed by atoms with E-state index in [1.165, 1.54) is 28.4 Å². The Morgan fingerprint density at radius 1 is 1.46 bits per heavy atom. The van der Waals surface area contributed by atoms with Gasteiger partial charge in [-0.25, -0.2) is 0 Å². The van der Waals surface area contributed by atoms with Gasteiger partial charge in [0.1, 0.15) is 0 Å². The predicted octanol–water partition coefficient (Wildman–Crippen LogP) is 3.01. The lowest BCUT2D eigenvalue weighted by atomic mass is 10.1. The minimum atomic E-state index is 0.785. The molecular formula is C11H14BrN. The molecule has 0 saturated heterocycles. The standard InChI is InChI=1S/C11H14BrN/c1-8-2-5-11(12)9(6-8)7-13-10-3-4-10/h2,5-6,10,13H,3-4,7H2,1H3. The van der Waals surface area contributed by atoms with Crippen LogP contribution in [0.25, 0.3) is 0 Å². The Morgan fingerprint density at radius 3 is 2.92 bits per heavy atom. The molecule has 1 saturated carbocycles. The Bertz CT molecular complexity index is 305. The van der Waals surface area contributed by atoms with Crippen LogP contribution in [0, 0.1) is 6.92 Å². The van der Waals surface area contributed by atoms with Gasteiger partial charge < -0.3 is 5.32 Å². The molecule has 0 aromatic heterocycles. The van der Waals surface area contributed by atoms with Crippen molar-refractivity contribution in [2.45, 2.75) is 32.4 Å². The summed E-state index contributed by atoms with van der Waals surface area (Å²) in [7, 11) is 0. The number of aryl methyl sites for hydroxylation is 1. The van der Waals surface area contributed by atoms with Crippen LogP contribution in [0.5, 0.6) is 0 Å². The van der Waals surface area contributed by atoms with Gasteiger partial charge in [0.2, 0.25) is 0 Å². The van der Waals surface area contributed by atoms with Gasteiger partial charge in [0, 0.05) is 17.1 Å². The number of hydrogen-bond donors (Lipinski definition) is 1. The van der Waals surface area contributed by atoms with Crippen molar-refractivity contribution >= 4 is 15.9 Å². The molecule has 0 heterocycles.